The van der Waals surface area contributed by atoms with Crippen molar-refractivity contribution in [1.82, 2.24) is 5.43 Å². The van der Waals surface area contributed by atoms with Gasteiger partial charge in [-0.25, -0.2) is 5.43 Å². The molecule has 0 unspecified atom stereocenters. The van der Waals surface area contributed by atoms with Gasteiger partial charge in [0.1, 0.15) is 5.75 Å². The molecule has 0 heterocycles. The Labute approximate surface area is 161 Å². The largest absolute Gasteiger partial charge is 0.482 e. The molecule has 0 saturated heterocycles. The molecule has 0 aromatic heterocycles. The van der Waals surface area contributed by atoms with Crippen LogP contribution in [0.2, 0.25) is 15.1 Å². The highest BCUT2D eigenvalue weighted by Gasteiger charge is 2.32. The summed E-state index contributed by atoms with van der Waals surface area (Å²) in [6, 6.07) is 7.51. The van der Waals surface area contributed by atoms with Crippen LogP contribution in [-0.4, -0.2) is 18.7 Å². The van der Waals surface area contributed by atoms with Crippen molar-refractivity contribution in [3.8, 4) is 5.75 Å². The summed E-state index contributed by atoms with van der Waals surface area (Å²) in [7, 11) is 0. The molecule has 0 aliphatic heterocycles. The molecule has 4 nitrogen and oxygen atoms in total. The van der Waals surface area contributed by atoms with Crippen LogP contribution >= 0.6 is 34.8 Å². The molecule has 0 atom stereocenters. The predicted octanol–water partition coefficient (Wildman–Crippen LogP) is 5.19. The summed E-state index contributed by atoms with van der Waals surface area (Å²) in [4.78, 5) is 11.7. The summed E-state index contributed by atoms with van der Waals surface area (Å²) < 4.78 is 43.7. The fourth-order valence-electron chi connectivity index (χ4n) is 1.83. The molecule has 10 heteroatoms. The summed E-state index contributed by atoms with van der Waals surface area (Å²) in [5.41, 5.74) is 1.01. The van der Waals surface area contributed by atoms with Gasteiger partial charge >= 0.3 is 6.18 Å². The molecular weight excluding hydrogens is 416 g/mol. The highest BCUT2D eigenvalue weighted by Crippen LogP contribution is 2.34. The van der Waals surface area contributed by atoms with Crippen LogP contribution in [0.4, 0.5) is 13.2 Å². The lowest BCUT2D eigenvalue weighted by Gasteiger charge is -2.09. The number of halogens is 6. The molecule has 0 radical (unpaired) electrons. The minimum atomic E-state index is -4.53. The Morgan fingerprint density at radius 2 is 1.77 bits per heavy atom. The van der Waals surface area contributed by atoms with E-state index in [-0.39, 0.29) is 26.4 Å². The maximum absolute atomic E-state index is 12.8. The Bertz CT molecular complexity index is 842. The molecule has 1 amide bonds. The number of carbonyl (C=O) groups excluding carboxylic acids is 1. The lowest BCUT2D eigenvalue weighted by atomic mass is 10.1. The van der Waals surface area contributed by atoms with Gasteiger partial charge in [-0.15, -0.1) is 0 Å². The third kappa shape index (κ3) is 5.52. The number of nitrogens with zero attached hydrogens (tertiary/aromatic N) is 1. The molecule has 0 aliphatic rings. The summed E-state index contributed by atoms with van der Waals surface area (Å²) in [6.45, 7) is -0.476. The zero-order chi connectivity index (χ0) is 19.3. The fraction of sp³-hybridized carbons (Fsp3) is 0.125. The van der Waals surface area contributed by atoms with Gasteiger partial charge in [0.2, 0.25) is 0 Å². The first kappa shape index (κ1) is 20.4. The van der Waals surface area contributed by atoms with E-state index in [1.807, 2.05) is 0 Å². The molecule has 2 aromatic carbocycles. The van der Waals surface area contributed by atoms with E-state index in [1.54, 1.807) is 0 Å². The lowest BCUT2D eigenvalue weighted by molar-refractivity contribution is -0.137. The molecule has 0 spiro atoms. The number of rotatable bonds is 5. The van der Waals surface area contributed by atoms with Crippen LogP contribution in [0.1, 0.15) is 11.1 Å². The average molecular weight is 426 g/mol. The van der Waals surface area contributed by atoms with Crippen LogP contribution in [0.15, 0.2) is 41.5 Å². The Balaban J connectivity index is 1.96. The van der Waals surface area contributed by atoms with E-state index in [4.69, 9.17) is 39.5 Å². The van der Waals surface area contributed by atoms with Gasteiger partial charge in [0, 0.05) is 11.6 Å². The molecule has 0 bridgehead atoms. The van der Waals surface area contributed by atoms with Crippen molar-refractivity contribution in [2.24, 2.45) is 5.10 Å². The molecule has 0 fully saturated rings. The third-order valence-corrected chi connectivity index (χ3v) is 4.01. The Morgan fingerprint density at radius 3 is 2.46 bits per heavy atom. The predicted molar refractivity (Wildman–Crippen MR) is 94.1 cm³/mol. The number of nitrogens with one attached hydrogen (secondary N) is 1. The van der Waals surface area contributed by atoms with Gasteiger partial charge in [0.25, 0.3) is 5.91 Å². The first-order chi connectivity index (χ1) is 12.2. The highest BCUT2D eigenvalue weighted by molar-refractivity contribution is 6.43. The van der Waals surface area contributed by atoms with Gasteiger partial charge in [-0.3, -0.25) is 4.79 Å². The van der Waals surface area contributed by atoms with Crippen molar-refractivity contribution in [3.63, 3.8) is 0 Å². The maximum Gasteiger partial charge on any atom is 0.417 e. The number of benzene rings is 2. The van der Waals surface area contributed by atoms with Crippen molar-refractivity contribution >= 4 is 46.9 Å². The fourth-order valence-corrected chi connectivity index (χ4v) is 2.42. The maximum atomic E-state index is 12.8. The number of hydrogen-bond donors (Lipinski definition) is 1. The number of alkyl halides is 3. The van der Waals surface area contributed by atoms with E-state index < -0.39 is 24.3 Å². The summed E-state index contributed by atoms with van der Waals surface area (Å²) in [6.07, 6.45) is -3.63. The molecule has 0 saturated carbocycles. The van der Waals surface area contributed by atoms with Gasteiger partial charge in [0.05, 0.1) is 26.8 Å². The first-order valence-corrected chi connectivity index (χ1v) is 8.07. The van der Waals surface area contributed by atoms with E-state index in [0.29, 0.717) is 0 Å². The van der Waals surface area contributed by atoms with Gasteiger partial charge in [-0.1, -0.05) is 53.0 Å². The number of amides is 1. The standard InChI is InChI=1S/C16H10Cl3F3N2O2/c17-11-5-13(19)14(6-12(11)18)26-8-15(25)24-23-7-9-3-1-2-4-10(9)16(20,21)22/h1-7H,8H2,(H,24,25). The monoisotopic (exact) mass is 424 g/mol. The topological polar surface area (TPSA) is 50.7 Å². The lowest BCUT2D eigenvalue weighted by Crippen LogP contribution is -2.24. The molecular formula is C16H10Cl3F3N2O2. The van der Waals surface area contributed by atoms with Gasteiger partial charge in [-0.05, 0) is 12.1 Å². The van der Waals surface area contributed by atoms with E-state index in [2.05, 4.69) is 10.5 Å². The zero-order valence-electron chi connectivity index (χ0n) is 12.8. The minimum Gasteiger partial charge on any atom is -0.482 e. The smallest absolute Gasteiger partial charge is 0.417 e. The van der Waals surface area contributed by atoms with E-state index >= 15 is 0 Å². The third-order valence-electron chi connectivity index (χ3n) is 2.99. The molecule has 26 heavy (non-hydrogen) atoms. The van der Waals surface area contributed by atoms with Crippen LogP contribution < -0.4 is 10.2 Å². The quantitative estimate of drug-likeness (QED) is 0.407. The SMILES string of the molecule is O=C(COc1cc(Cl)c(Cl)cc1Cl)NN=Cc1ccccc1C(F)(F)F. The van der Waals surface area contributed by atoms with Crippen molar-refractivity contribution in [1.29, 1.82) is 0 Å². The molecule has 2 rings (SSSR count). The normalized spacial score (nSPS) is 11.6. The number of hydrazone groups is 1. The van der Waals surface area contributed by atoms with Crippen LogP contribution in [0, 0.1) is 0 Å². The van der Waals surface area contributed by atoms with Gasteiger partial charge in [0.15, 0.2) is 6.61 Å². The summed E-state index contributed by atoms with van der Waals surface area (Å²) >= 11 is 17.5. The molecule has 2 aromatic rings. The molecule has 138 valence electrons. The van der Waals surface area contributed by atoms with Crippen molar-refractivity contribution < 1.29 is 22.7 Å². The highest BCUT2D eigenvalue weighted by atomic mass is 35.5. The Morgan fingerprint density at radius 1 is 1.12 bits per heavy atom. The first-order valence-electron chi connectivity index (χ1n) is 6.94. The van der Waals surface area contributed by atoms with E-state index in [9.17, 15) is 18.0 Å². The molecule has 1 N–H and O–H groups in total. The van der Waals surface area contributed by atoms with Gasteiger partial charge in [-0.2, -0.15) is 18.3 Å². The summed E-state index contributed by atoms with van der Waals surface area (Å²) in [5.74, 6) is -0.574. The van der Waals surface area contributed by atoms with E-state index in [0.717, 1.165) is 12.3 Å². The average Bonchev–Trinajstić information content (AvgIpc) is 2.56. The van der Waals surface area contributed by atoms with Crippen LogP contribution in [0.5, 0.6) is 5.75 Å². The van der Waals surface area contributed by atoms with Gasteiger partial charge < -0.3 is 4.74 Å². The number of ether oxygens (including phenoxy) is 1. The number of hydrogen-bond acceptors (Lipinski definition) is 3. The van der Waals surface area contributed by atoms with Crippen molar-refractivity contribution in [2.45, 2.75) is 6.18 Å². The van der Waals surface area contributed by atoms with Crippen molar-refractivity contribution in [3.05, 3.63) is 62.6 Å². The Hall–Kier alpha value is -1.96. The molecule has 0 aliphatic carbocycles. The second-order valence-electron chi connectivity index (χ2n) is 4.86. The van der Waals surface area contributed by atoms with Crippen LogP contribution in [0.3, 0.4) is 0 Å². The minimum absolute atomic E-state index is 0.127. The summed E-state index contributed by atoms with van der Waals surface area (Å²) in [5, 5.41) is 4.06. The number of carbonyl (C=O) groups is 1. The zero-order valence-corrected chi connectivity index (χ0v) is 15.0. The second-order valence-corrected chi connectivity index (χ2v) is 6.09. The second kappa shape index (κ2) is 8.62. The van der Waals surface area contributed by atoms with Crippen LogP contribution in [0.25, 0.3) is 0 Å². The van der Waals surface area contributed by atoms with Crippen molar-refractivity contribution in [2.75, 3.05) is 6.61 Å². The van der Waals surface area contributed by atoms with E-state index in [1.165, 1.54) is 30.3 Å². The Kier molecular flexibility index (Phi) is 6.75. The van der Waals surface area contributed by atoms with Crippen LogP contribution in [-0.2, 0) is 11.0 Å².